The number of hydrogen-bond donors (Lipinski definition) is 0. The zero-order chi connectivity index (χ0) is 12.7. The van der Waals surface area contributed by atoms with E-state index in [0.29, 0.717) is 0 Å². The summed E-state index contributed by atoms with van der Waals surface area (Å²) < 4.78 is 4.72. The van der Waals surface area contributed by atoms with Gasteiger partial charge in [-0.25, -0.2) is 4.79 Å². The fraction of sp³-hybridized carbons (Fsp3) is 0.917. The van der Waals surface area contributed by atoms with Crippen LogP contribution in [0.4, 0.5) is 4.79 Å². The van der Waals surface area contributed by atoms with Crippen LogP contribution in [0.25, 0.3) is 0 Å². The van der Waals surface area contributed by atoms with Crippen LogP contribution in [0.5, 0.6) is 0 Å². The van der Waals surface area contributed by atoms with Gasteiger partial charge in [0.2, 0.25) is 0 Å². The summed E-state index contributed by atoms with van der Waals surface area (Å²) in [6, 6.07) is 0. The van der Waals surface area contributed by atoms with Crippen molar-refractivity contribution >= 4 is 18.5 Å². The van der Waals surface area contributed by atoms with Gasteiger partial charge in [-0.05, 0) is 13.1 Å². The first kappa shape index (κ1) is 17.5. The Morgan fingerprint density at radius 3 is 2.17 bits per heavy atom. The molecule has 0 aromatic carbocycles. The smallest absolute Gasteiger partial charge is 0.409 e. The van der Waals surface area contributed by atoms with Gasteiger partial charge in [0.15, 0.2) is 0 Å². The van der Waals surface area contributed by atoms with Crippen LogP contribution >= 0.6 is 12.4 Å². The zero-order valence-corrected chi connectivity index (χ0v) is 12.5. The summed E-state index contributed by atoms with van der Waals surface area (Å²) in [7, 11) is 1.44. The SMILES string of the molecule is CCN(CC)CCN1CCN(C(=O)OC)CC1.Cl. The van der Waals surface area contributed by atoms with E-state index in [0.717, 1.165) is 52.4 Å². The fourth-order valence-corrected chi connectivity index (χ4v) is 2.11. The highest BCUT2D eigenvalue weighted by molar-refractivity contribution is 5.85. The van der Waals surface area contributed by atoms with Gasteiger partial charge in [0.25, 0.3) is 0 Å². The Hall–Kier alpha value is -0.520. The van der Waals surface area contributed by atoms with Crippen molar-refractivity contribution in [2.75, 3.05) is 59.5 Å². The van der Waals surface area contributed by atoms with Crippen molar-refractivity contribution in [3.05, 3.63) is 0 Å². The van der Waals surface area contributed by atoms with Crippen LogP contribution in [0.15, 0.2) is 0 Å². The van der Waals surface area contributed by atoms with Crippen LogP contribution < -0.4 is 0 Å². The van der Waals surface area contributed by atoms with E-state index in [4.69, 9.17) is 4.74 Å². The van der Waals surface area contributed by atoms with Crippen molar-refractivity contribution in [3.63, 3.8) is 0 Å². The van der Waals surface area contributed by atoms with Crippen LogP contribution in [-0.4, -0.2) is 80.3 Å². The summed E-state index contributed by atoms with van der Waals surface area (Å²) in [5, 5.41) is 0. The van der Waals surface area contributed by atoms with Crippen molar-refractivity contribution in [2.45, 2.75) is 13.8 Å². The molecule has 5 nitrogen and oxygen atoms in total. The number of carbonyl (C=O) groups excluding carboxylic acids is 1. The second-order valence-corrected chi connectivity index (χ2v) is 4.33. The predicted molar refractivity (Wildman–Crippen MR) is 75.5 cm³/mol. The molecule has 1 aliphatic rings. The Kier molecular flexibility index (Phi) is 9.14. The van der Waals surface area contributed by atoms with Crippen molar-refractivity contribution in [2.24, 2.45) is 0 Å². The van der Waals surface area contributed by atoms with Gasteiger partial charge in [-0.3, -0.25) is 4.90 Å². The molecule has 1 fully saturated rings. The van der Waals surface area contributed by atoms with Gasteiger partial charge < -0.3 is 14.5 Å². The van der Waals surface area contributed by atoms with Crippen molar-refractivity contribution in [1.82, 2.24) is 14.7 Å². The topological polar surface area (TPSA) is 36.0 Å². The van der Waals surface area contributed by atoms with E-state index < -0.39 is 0 Å². The van der Waals surface area contributed by atoms with Crippen molar-refractivity contribution in [1.29, 1.82) is 0 Å². The number of nitrogens with zero attached hydrogens (tertiary/aromatic N) is 3. The van der Waals surface area contributed by atoms with E-state index in [2.05, 4.69) is 23.6 Å². The fourth-order valence-electron chi connectivity index (χ4n) is 2.11. The van der Waals surface area contributed by atoms with E-state index in [-0.39, 0.29) is 18.5 Å². The van der Waals surface area contributed by atoms with Crippen LogP contribution in [0.3, 0.4) is 0 Å². The number of rotatable bonds is 5. The number of ether oxygens (including phenoxy) is 1. The summed E-state index contributed by atoms with van der Waals surface area (Å²) in [5.74, 6) is 0. The van der Waals surface area contributed by atoms with E-state index in [1.807, 2.05) is 0 Å². The van der Waals surface area contributed by atoms with E-state index in [9.17, 15) is 4.79 Å². The molecule has 0 aromatic heterocycles. The number of carbonyl (C=O) groups is 1. The number of hydrogen-bond acceptors (Lipinski definition) is 4. The number of piperazine rings is 1. The highest BCUT2D eigenvalue weighted by atomic mass is 35.5. The minimum atomic E-state index is -0.201. The second-order valence-electron chi connectivity index (χ2n) is 4.33. The lowest BCUT2D eigenvalue weighted by Gasteiger charge is -2.34. The van der Waals surface area contributed by atoms with Gasteiger partial charge in [-0.2, -0.15) is 0 Å². The first-order valence-electron chi connectivity index (χ1n) is 6.48. The summed E-state index contributed by atoms with van der Waals surface area (Å²) in [6.07, 6.45) is -0.201. The molecule has 6 heteroatoms. The molecule has 108 valence electrons. The maximum absolute atomic E-state index is 11.3. The number of halogens is 1. The lowest BCUT2D eigenvalue weighted by molar-refractivity contribution is 0.0873. The van der Waals surface area contributed by atoms with Gasteiger partial charge in [0.1, 0.15) is 0 Å². The predicted octanol–water partition coefficient (Wildman–Crippen LogP) is 1.13. The Morgan fingerprint density at radius 1 is 1.17 bits per heavy atom. The molecule has 1 amide bonds. The Morgan fingerprint density at radius 2 is 1.72 bits per heavy atom. The normalized spacial score (nSPS) is 16.6. The molecule has 0 saturated carbocycles. The molecule has 1 rings (SSSR count). The molecule has 1 aliphatic heterocycles. The summed E-state index contributed by atoms with van der Waals surface area (Å²) in [6.45, 7) is 12.3. The average molecular weight is 280 g/mol. The minimum Gasteiger partial charge on any atom is -0.453 e. The number of likely N-dealkylation sites (N-methyl/N-ethyl adjacent to an activating group) is 1. The molecule has 18 heavy (non-hydrogen) atoms. The molecule has 0 spiro atoms. The Balaban J connectivity index is 0.00000289. The molecular weight excluding hydrogens is 254 g/mol. The third kappa shape index (κ3) is 5.42. The third-order valence-corrected chi connectivity index (χ3v) is 3.43. The first-order chi connectivity index (χ1) is 8.21. The first-order valence-corrected chi connectivity index (χ1v) is 6.48. The van der Waals surface area contributed by atoms with E-state index in [1.165, 1.54) is 7.11 Å². The Bertz CT molecular complexity index is 229. The third-order valence-electron chi connectivity index (χ3n) is 3.43. The zero-order valence-electron chi connectivity index (χ0n) is 11.7. The number of methoxy groups -OCH3 is 1. The molecule has 0 unspecified atom stereocenters. The Labute approximate surface area is 116 Å². The van der Waals surface area contributed by atoms with E-state index >= 15 is 0 Å². The summed E-state index contributed by atoms with van der Waals surface area (Å²) in [5.41, 5.74) is 0. The van der Waals surface area contributed by atoms with E-state index in [1.54, 1.807) is 4.90 Å². The van der Waals surface area contributed by atoms with Gasteiger partial charge in [0, 0.05) is 39.3 Å². The quantitative estimate of drug-likeness (QED) is 0.756. The maximum atomic E-state index is 11.3. The van der Waals surface area contributed by atoms with Gasteiger partial charge in [-0.1, -0.05) is 13.8 Å². The highest BCUT2D eigenvalue weighted by Crippen LogP contribution is 2.03. The highest BCUT2D eigenvalue weighted by Gasteiger charge is 2.21. The average Bonchev–Trinajstić information content (AvgIpc) is 2.39. The lowest BCUT2D eigenvalue weighted by Crippen LogP contribution is -2.50. The monoisotopic (exact) mass is 279 g/mol. The minimum absolute atomic E-state index is 0. The molecular formula is C12H26ClN3O2. The van der Waals surface area contributed by atoms with Crippen molar-refractivity contribution < 1.29 is 9.53 Å². The largest absolute Gasteiger partial charge is 0.453 e. The molecule has 0 bridgehead atoms. The standard InChI is InChI=1S/C12H25N3O2.ClH/c1-4-13(5-2)6-7-14-8-10-15(11-9-14)12(16)17-3;/h4-11H2,1-3H3;1H. The van der Waals surface area contributed by atoms with Gasteiger partial charge in [-0.15, -0.1) is 12.4 Å². The number of amides is 1. The van der Waals surface area contributed by atoms with Crippen LogP contribution in [0, 0.1) is 0 Å². The van der Waals surface area contributed by atoms with Crippen LogP contribution in [0.2, 0.25) is 0 Å². The summed E-state index contributed by atoms with van der Waals surface area (Å²) in [4.78, 5) is 17.9. The second kappa shape index (κ2) is 9.42. The molecule has 1 heterocycles. The molecule has 0 atom stereocenters. The van der Waals surface area contributed by atoms with Crippen LogP contribution in [-0.2, 0) is 4.74 Å². The van der Waals surface area contributed by atoms with Gasteiger partial charge >= 0.3 is 6.09 Å². The molecule has 0 N–H and O–H groups in total. The van der Waals surface area contributed by atoms with Gasteiger partial charge in [0.05, 0.1) is 7.11 Å². The summed E-state index contributed by atoms with van der Waals surface area (Å²) >= 11 is 0. The maximum Gasteiger partial charge on any atom is 0.409 e. The molecule has 0 aliphatic carbocycles. The van der Waals surface area contributed by atoms with Crippen LogP contribution in [0.1, 0.15) is 13.8 Å². The molecule has 0 radical (unpaired) electrons. The van der Waals surface area contributed by atoms with Crippen molar-refractivity contribution in [3.8, 4) is 0 Å². The lowest BCUT2D eigenvalue weighted by atomic mass is 10.3. The molecule has 1 saturated heterocycles. The molecule has 0 aromatic rings.